The van der Waals surface area contributed by atoms with Gasteiger partial charge in [-0.15, -0.1) is 0 Å². The van der Waals surface area contributed by atoms with Crippen LogP contribution < -0.4 is 16.4 Å². The van der Waals surface area contributed by atoms with Gasteiger partial charge in [-0.3, -0.25) is 0 Å². The predicted molar refractivity (Wildman–Crippen MR) is 254 cm³/mol. The minimum atomic E-state index is -0.187. The molecule has 0 atom stereocenters. The highest BCUT2D eigenvalue weighted by Gasteiger charge is 2.48. The van der Waals surface area contributed by atoms with Gasteiger partial charge in [0.15, 0.2) is 17.5 Å². The summed E-state index contributed by atoms with van der Waals surface area (Å²) >= 11 is 0. The van der Waals surface area contributed by atoms with Crippen LogP contribution in [0.1, 0.15) is 49.9 Å². The Morgan fingerprint density at radius 3 is 1.18 bits per heavy atom. The molecular formula is C57H44BN3. The maximum atomic E-state index is 5.30. The van der Waals surface area contributed by atoms with E-state index >= 15 is 0 Å². The average Bonchev–Trinajstić information content (AvgIpc) is 3.32. The summed E-state index contributed by atoms with van der Waals surface area (Å²) in [5, 5.41) is 0. The van der Waals surface area contributed by atoms with E-state index in [1.54, 1.807) is 0 Å². The van der Waals surface area contributed by atoms with E-state index < -0.39 is 0 Å². The van der Waals surface area contributed by atoms with Gasteiger partial charge in [-0.25, -0.2) is 15.0 Å². The lowest BCUT2D eigenvalue weighted by atomic mass is 9.27. The molecule has 0 saturated heterocycles. The molecule has 3 nitrogen and oxygen atoms in total. The molecule has 8 aromatic carbocycles. The largest absolute Gasteiger partial charge is 0.242 e. The second-order valence-corrected chi connectivity index (χ2v) is 17.6. The zero-order chi connectivity index (χ0) is 41.3. The Kier molecular flexibility index (Phi) is 8.61. The van der Waals surface area contributed by atoms with Crippen LogP contribution >= 0.6 is 0 Å². The number of fused-ring (bicyclic) bond motifs is 4. The van der Waals surface area contributed by atoms with Crippen molar-refractivity contribution in [1.29, 1.82) is 0 Å². The minimum Gasteiger partial charge on any atom is -0.208 e. The Labute approximate surface area is 359 Å². The van der Waals surface area contributed by atoms with E-state index in [4.69, 9.17) is 15.0 Å². The molecule has 2 aliphatic heterocycles. The van der Waals surface area contributed by atoms with Crippen LogP contribution in [0.2, 0.25) is 0 Å². The van der Waals surface area contributed by atoms with Crippen molar-refractivity contribution in [3.63, 3.8) is 0 Å². The molecule has 0 saturated carbocycles. The molecule has 2 aliphatic rings. The van der Waals surface area contributed by atoms with Crippen LogP contribution in [-0.2, 0) is 10.8 Å². The lowest BCUT2D eigenvalue weighted by molar-refractivity contribution is 0.622. The van der Waals surface area contributed by atoms with E-state index in [0.717, 1.165) is 44.5 Å². The second-order valence-electron chi connectivity index (χ2n) is 17.6. The van der Waals surface area contributed by atoms with Gasteiger partial charge in [-0.1, -0.05) is 214 Å². The molecule has 0 fully saturated rings. The van der Waals surface area contributed by atoms with Crippen molar-refractivity contribution in [3.05, 3.63) is 216 Å². The second kappa shape index (κ2) is 14.2. The van der Waals surface area contributed by atoms with Crippen LogP contribution in [0.3, 0.4) is 0 Å². The Hall–Kier alpha value is -7.17. The number of aromatic nitrogens is 3. The number of hydrogen-bond donors (Lipinski definition) is 0. The highest BCUT2D eigenvalue weighted by molar-refractivity contribution is 6.97. The van der Waals surface area contributed by atoms with Crippen LogP contribution in [-0.4, -0.2) is 21.7 Å². The topological polar surface area (TPSA) is 38.7 Å². The van der Waals surface area contributed by atoms with E-state index in [2.05, 4.69) is 204 Å². The molecule has 0 radical (unpaired) electrons. The van der Waals surface area contributed by atoms with E-state index in [1.165, 1.54) is 44.2 Å². The summed E-state index contributed by atoms with van der Waals surface area (Å²) in [5.74, 6) is 1.91. The van der Waals surface area contributed by atoms with Gasteiger partial charge >= 0.3 is 0 Å². The van der Waals surface area contributed by atoms with Crippen LogP contribution in [0.25, 0.3) is 67.5 Å². The van der Waals surface area contributed by atoms with Gasteiger partial charge in [-0.2, -0.15) is 0 Å². The third-order valence-corrected chi connectivity index (χ3v) is 13.2. The summed E-state index contributed by atoms with van der Waals surface area (Å²) in [6.45, 7) is 9.80. The average molecular weight is 782 g/mol. The molecular weight excluding hydrogens is 737 g/mol. The van der Waals surface area contributed by atoms with Crippen molar-refractivity contribution in [2.75, 3.05) is 0 Å². The first-order valence-electron chi connectivity index (χ1n) is 21.3. The van der Waals surface area contributed by atoms with Gasteiger partial charge < -0.3 is 0 Å². The summed E-state index contributed by atoms with van der Waals surface area (Å²) in [6.07, 6.45) is 0. The summed E-state index contributed by atoms with van der Waals surface area (Å²) < 4.78 is 0. The molecule has 0 amide bonds. The molecule has 3 heterocycles. The number of rotatable bonds is 6. The monoisotopic (exact) mass is 781 g/mol. The van der Waals surface area contributed by atoms with E-state index in [1.807, 2.05) is 18.2 Å². The molecule has 0 N–H and O–H groups in total. The first-order chi connectivity index (χ1) is 29.7. The molecule has 61 heavy (non-hydrogen) atoms. The zero-order valence-electron chi connectivity index (χ0n) is 34.9. The van der Waals surface area contributed by atoms with Gasteiger partial charge in [0.05, 0.1) is 0 Å². The minimum absolute atomic E-state index is 0.187. The van der Waals surface area contributed by atoms with E-state index in [0.29, 0.717) is 17.5 Å². The number of nitrogens with zero attached hydrogens (tertiary/aromatic N) is 3. The standard InChI is InChI=1S/C57H44BN3/c1-56(2)46-27-14-16-29-50(46)58-51-30-17-15-28-47(51)57(3,4)49-36-44(35-48(56)52(49)58)40-25-18-26-41(31-40)54-59-53(39-23-12-7-13-24-39)60-55(61-54)45-33-42(37-19-8-5-9-20-37)32-43(34-45)38-21-10-6-11-22-38/h5-36H,1-4H3. The Morgan fingerprint density at radius 1 is 0.295 bits per heavy atom. The molecule has 4 heteroatoms. The summed E-state index contributed by atoms with van der Waals surface area (Å²) in [5.41, 5.74) is 19.2. The fraction of sp³-hybridized carbons (Fsp3) is 0.105. The summed E-state index contributed by atoms with van der Waals surface area (Å²) in [4.78, 5) is 15.7. The summed E-state index contributed by atoms with van der Waals surface area (Å²) in [7, 11) is 0. The van der Waals surface area contributed by atoms with Gasteiger partial charge in [0.1, 0.15) is 0 Å². The third-order valence-electron chi connectivity index (χ3n) is 13.2. The van der Waals surface area contributed by atoms with Gasteiger partial charge in [0, 0.05) is 27.5 Å². The van der Waals surface area contributed by atoms with Crippen LogP contribution in [0.15, 0.2) is 194 Å². The van der Waals surface area contributed by atoms with Gasteiger partial charge in [0.25, 0.3) is 0 Å². The molecule has 0 unspecified atom stereocenters. The molecule has 11 rings (SSSR count). The Balaban J connectivity index is 1.09. The maximum Gasteiger partial charge on any atom is 0.242 e. The van der Waals surface area contributed by atoms with E-state index in [-0.39, 0.29) is 17.5 Å². The highest BCUT2D eigenvalue weighted by atomic mass is 15.0. The molecule has 0 bridgehead atoms. The first-order valence-corrected chi connectivity index (χ1v) is 21.3. The third kappa shape index (κ3) is 6.16. The molecule has 0 aliphatic carbocycles. The van der Waals surface area contributed by atoms with Gasteiger partial charge in [-0.05, 0) is 79.9 Å². The SMILES string of the molecule is CC1(C)c2ccccc2B2c3ccccc3C(C)(C)c3cc(-c4cccc(-c5nc(-c6ccccc6)nc(-c6cc(-c7ccccc7)cc(-c7ccccc7)c6)n5)c4)cc1c32. The van der Waals surface area contributed by atoms with Crippen LogP contribution in [0.4, 0.5) is 0 Å². The van der Waals surface area contributed by atoms with Crippen LogP contribution in [0.5, 0.6) is 0 Å². The summed E-state index contributed by atoms with van der Waals surface area (Å²) in [6, 6.07) is 69.9. The van der Waals surface area contributed by atoms with Crippen molar-refractivity contribution in [2.24, 2.45) is 0 Å². The molecule has 290 valence electrons. The Bertz CT molecular complexity index is 3000. The lowest BCUT2D eigenvalue weighted by Gasteiger charge is -2.47. The number of hydrogen-bond acceptors (Lipinski definition) is 3. The van der Waals surface area contributed by atoms with Crippen molar-refractivity contribution in [2.45, 2.75) is 38.5 Å². The lowest BCUT2D eigenvalue weighted by Crippen LogP contribution is -2.66. The smallest absolute Gasteiger partial charge is 0.208 e. The highest BCUT2D eigenvalue weighted by Crippen LogP contribution is 2.43. The molecule has 0 spiro atoms. The van der Waals surface area contributed by atoms with E-state index in [9.17, 15) is 0 Å². The fourth-order valence-corrected chi connectivity index (χ4v) is 10.1. The number of benzene rings is 8. The Morgan fingerprint density at radius 2 is 0.656 bits per heavy atom. The first kappa shape index (κ1) is 36.9. The van der Waals surface area contributed by atoms with Crippen molar-refractivity contribution in [1.82, 2.24) is 15.0 Å². The van der Waals surface area contributed by atoms with Crippen molar-refractivity contribution >= 4 is 23.1 Å². The van der Waals surface area contributed by atoms with Crippen molar-refractivity contribution in [3.8, 4) is 67.5 Å². The fourth-order valence-electron chi connectivity index (χ4n) is 10.1. The van der Waals surface area contributed by atoms with Crippen molar-refractivity contribution < 1.29 is 0 Å². The normalized spacial score (nSPS) is 14.1. The predicted octanol–water partition coefficient (Wildman–Crippen LogP) is 11.7. The van der Waals surface area contributed by atoms with Crippen LogP contribution in [0, 0.1) is 0 Å². The molecule has 1 aromatic heterocycles. The molecule has 9 aromatic rings. The quantitative estimate of drug-likeness (QED) is 0.158. The van der Waals surface area contributed by atoms with Gasteiger partial charge in [0.2, 0.25) is 6.71 Å². The zero-order valence-corrected chi connectivity index (χ0v) is 34.9. The maximum absolute atomic E-state index is 5.30.